The van der Waals surface area contributed by atoms with E-state index in [1.165, 1.54) is 19.3 Å². The molecule has 0 heterocycles. The van der Waals surface area contributed by atoms with E-state index in [4.69, 9.17) is 5.11 Å². The van der Waals surface area contributed by atoms with Crippen LogP contribution in [-0.2, 0) is 5.60 Å². The summed E-state index contributed by atoms with van der Waals surface area (Å²) in [6.07, 6.45) is 10.9. The SMILES string of the molecule is CCCCC(C)(CCCCCCC(C)CO)C(CO)CC(C)(O)c1ccccc1. The van der Waals surface area contributed by atoms with Gasteiger partial charge < -0.3 is 15.3 Å². The molecule has 4 atom stereocenters. The Kier molecular flexibility index (Phi) is 12.1. The number of hydrogen-bond donors (Lipinski definition) is 3. The smallest absolute Gasteiger partial charge is 0.0872 e. The molecule has 0 aliphatic rings. The van der Waals surface area contributed by atoms with E-state index in [2.05, 4.69) is 20.8 Å². The van der Waals surface area contributed by atoms with Gasteiger partial charge in [-0.25, -0.2) is 0 Å². The van der Waals surface area contributed by atoms with Crippen molar-refractivity contribution in [2.45, 2.75) is 97.5 Å². The molecule has 0 aliphatic heterocycles. The Morgan fingerprint density at radius 2 is 1.48 bits per heavy atom. The highest BCUT2D eigenvalue weighted by molar-refractivity contribution is 5.21. The summed E-state index contributed by atoms with van der Waals surface area (Å²) in [5.41, 5.74) is 0.0408. The van der Waals surface area contributed by atoms with Gasteiger partial charge in [-0.1, -0.05) is 89.6 Å². The van der Waals surface area contributed by atoms with Gasteiger partial charge in [0, 0.05) is 13.2 Å². The zero-order valence-corrected chi connectivity index (χ0v) is 19.4. The molecule has 0 aromatic heterocycles. The molecule has 1 aromatic carbocycles. The van der Waals surface area contributed by atoms with Gasteiger partial charge in [0.25, 0.3) is 0 Å². The molecule has 0 aliphatic carbocycles. The molecule has 3 nitrogen and oxygen atoms in total. The van der Waals surface area contributed by atoms with Crippen molar-refractivity contribution in [3.05, 3.63) is 35.9 Å². The van der Waals surface area contributed by atoms with Crippen LogP contribution in [0.25, 0.3) is 0 Å². The second-order valence-corrected chi connectivity index (χ2v) is 9.72. The number of benzene rings is 1. The molecular weight excluding hydrogens is 360 g/mol. The van der Waals surface area contributed by atoms with Crippen molar-refractivity contribution in [1.82, 2.24) is 0 Å². The molecule has 0 spiro atoms. The first-order valence-electron chi connectivity index (χ1n) is 11.8. The first kappa shape index (κ1) is 26.1. The predicted molar refractivity (Wildman–Crippen MR) is 123 cm³/mol. The van der Waals surface area contributed by atoms with Crippen LogP contribution in [0.2, 0.25) is 0 Å². The summed E-state index contributed by atoms with van der Waals surface area (Å²) in [6.45, 7) is 8.93. The second-order valence-electron chi connectivity index (χ2n) is 9.72. The Labute approximate surface area is 179 Å². The average molecular weight is 407 g/mol. The van der Waals surface area contributed by atoms with Crippen LogP contribution < -0.4 is 0 Å². The highest BCUT2D eigenvalue weighted by Gasteiger charge is 2.38. The van der Waals surface area contributed by atoms with Crippen LogP contribution >= 0.6 is 0 Å². The molecule has 0 bridgehead atoms. The molecule has 0 saturated heterocycles. The summed E-state index contributed by atoms with van der Waals surface area (Å²) in [6, 6.07) is 9.85. The summed E-state index contributed by atoms with van der Waals surface area (Å²) >= 11 is 0. The van der Waals surface area contributed by atoms with Crippen molar-refractivity contribution in [2.24, 2.45) is 17.3 Å². The van der Waals surface area contributed by atoms with Gasteiger partial charge in [0.2, 0.25) is 0 Å². The van der Waals surface area contributed by atoms with Crippen molar-refractivity contribution in [3.63, 3.8) is 0 Å². The van der Waals surface area contributed by atoms with Crippen LogP contribution in [0.4, 0.5) is 0 Å². The topological polar surface area (TPSA) is 60.7 Å². The lowest BCUT2D eigenvalue weighted by molar-refractivity contribution is -0.0229. The maximum atomic E-state index is 11.2. The highest BCUT2D eigenvalue weighted by Crippen LogP contribution is 2.44. The maximum Gasteiger partial charge on any atom is 0.0872 e. The van der Waals surface area contributed by atoms with E-state index in [1.54, 1.807) is 0 Å². The van der Waals surface area contributed by atoms with Gasteiger partial charge in [-0.05, 0) is 55.4 Å². The first-order valence-corrected chi connectivity index (χ1v) is 11.8. The number of aliphatic hydroxyl groups excluding tert-OH is 2. The highest BCUT2D eigenvalue weighted by atomic mass is 16.3. The van der Waals surface area contributed by atoms with E-state index in [9.17, 15) is 10.2 Å². The van der Waals surface area contributed by atoms with E-state index >= 15 is 0 Å². The van der Waals surface area contributed by atoms with Gasteiger partial charge >= 0.3 is 0 Å². The summed E-state index contributed by atoms with van der Waals surface area (Å²) in [4.78, 5) is 0. The van der Waals surface area contributed by atoms with Gasteiger partial charge in [-0.3, -0.25) is 0 Å². The van der Waals surface area contributed by atoms with Gasteiger partial charge in [-0.2, -0.15) is 0 Å². The van der Waals surface area contributed by atoms with Crippen molar-refractivity contribution >= 4 is 0 Å². The third-order valence-electron chi connectivity index (χ3n) is 6.85. The molecule has 168 valence electrons. The number of rotatable bonds is 16. The molecule has 0 saturated carbocycles. The molecular formula is C26H46O3. The minimum Gasteiger partial charge on any atom is -0.396 e. The summed E-state index contributed by atoms with van der Waals surface area (Å²) in [5, 5.41) is 30.6. The third kappa shape index (κ3) is 9.19. The van der Waals surface area contributed by atoms with Crippen LogP contribution in [-0.4, -0.2) is 28.5 Å². The lowest BCUT2D eigenvalue weighted by Crippen LogP contribution is -2.36. The van der Waals surface area contributed by atoms with Crippen molar-refractivity contribution in [2.75, 3.05) is 13.2 Å². The Morgan fingerprint density at radius 3 is 2.07 bits per heavy atom. The lowest BCUT2D eigenvalue weighted by Gasteiger charge is -2.41. The van der Waals surface area contributed by atoms with Gasteiger partial charge in [0.05, 0.1) is 5.60 Å². The Balaban J connectivity index is 2.70. The second kappa shape index (κ2) is 13.4. The zero-order valence-electron chi connectivity index (χ0n) is 19.4. The Hall–Kier alpha value is -0.900. The molecule has 3 heteroatoms. The number of unbranched alkanes of at least 4 members (excludes halogenated alkanes) is 4. The molecule has 29 heavy (non-hydrogen) atoms. The Morgan fingerprint density at radius 1 is 0.862 bits per heavy atom. The average Bonchev–Trinajstić information content (AvgIpc) is 2.73. The largest absolute Gasteiger partial charge is 0.396 e. The van der Waals surface area contributed by atoms with Gasteiger partial charge in [0.15, 0.2) is 0 Å². The fourth-order valence-corrected chi connectivity index (χ4v) is 4.51. The fraction of sp³-hybridized carbons (Fsp3) is 0.769. The van der Waals surface area contributed by atoms with E-state index in [-0.39, 0.29) is 24.5 Å². The fourth-order valence-electron chi connectivity index (χ4n) is 4.51. The van der Waals surface area contributed by atoms with Crippen LogP contribution in [0.3, 0.4) is 0 Å². The minimum atomic E-state index is -0.928. The van der Waals surface area contributed by atoms with E-state index in [0.29, 0.717) is 12.3 Å². The van der Waals surface area contributed by atoms with Gasteiger partial charge in [0.1, 0.15) is 0 Å². The molecule has 1 rings (SSSR count). The van der Waals surface area contributed by atoms with E-state index in [0.717, 1.165) is 44.1 Å². The quantitative estimate of drug-likeness (QED) is 0.292. The first-order chi connectivity index (χ1) is 13.8. The van der Waals surface area contributed by atoms with Crippen molar-refractivity contribution in [1.29, 1.82) is 0 Å². The van der Waals surface area contributed by atoms with Crippen LogP contribution in [0.5, 0.6) is 0 Å². The molecule has 3 N–H and O–H groups in total. The monoisotopic (exact) mass is 406 g/mol. The van der Waals surface area contributed by atoms with Crippen molar-refractivity contribution in [3.8, 4) is 0 Å². The zero-order chi connectivity index (χ0) is 21.8. The maximum absolute atomic E-state index is 11.2. The number of hydrogen-bond acceptors (Lipinski definition) is 3. The molecule has 0 amide bonds. The van der Waals surface area contributed by atoms with E-state index in [1.807, 2.05) is 37.3 Å². The normalized spacial score (nSPS) is 18.0. The summed E-state index contributed by atoms with van der Waals surface area (Å²) in [5.74, 6) is 0.488. The molecule has 0 radical (unpaired) electrons. The Bertz CT molecular complexity index is 528. The molecule has 1 aromatic rings. The summed E-state index contributed by atoms with van der Waals surface area (Å²) in [7, 11) is 0. The van der Waals surface area contributed by atoms with Crippen LogP contribution in [0.1, 0.15) is 97.5 Å². The summed E-state index contributed by atoms with van der Waals surface area (Å²) < 4.78 is 0. The predicted octanol–water partition coefficient (Wildman–Crippen LogP) is 6.06. The third-order valence-corrected chi connectivity index (χ3v) is 6.85. The van der Waals surface area contributed by atoms with Crippen molar-refractivity contribution < 1.29 is 15.3 Å². The van der Waals surface area contributed by atoms with Crippen LogP contribution in [0, 0.1) is 17.3 Å². The minimum absolute atomic E-state index is 0.0436. The standard InChI is InChI=1S/C26H46O3/c1-5-6-17-25(3,18-13-8-7-10-14-22(2)20-27)24(21-28)19-26(4,29)23-15-11-9-12-16-23/h9,11-12,15-16,22,24,27-29H,5-8,10,13-14,17-21H2,1-4H3. The van der Waals surface area contributed by atoms with Gasteiger partial charge in [-0.15, -0.1) is 0 Å². The van der Waals surface area contributed by atoms with Crippen LogP contribution in [0.15, 0.2) is 30.3 Å². The molecule has 0 fully saturated rings. The lowest BCUT2D eigenvalue weighted by atomic mass is 9.66. The van der Waals surface area contributed by atoms with E-state index < -0.39 is 5.60 Å². The molecule has 4 unspecified atom stereocenters. The number of aliphatic hydroxyl groups is 3.